The van der Waals surface area contributed by atoms with Gasteiger partial charge in [-0.2, -0.15) is 24.4 Å². The highest BCUT2D eigenvalue weighted by molar-refractivity contribution is 7.99. The summed E-state index contributed by atoms with van der Waals surface area (Å²) >= 11 is 6.40. The van der Waals surface area contributed by atoms with Gasteiger partial charge in [0, 0.05) is 0 Å². The van der Waals surface area contributed by atoms with Gasteiger partial charge in [-0.25, -0.2) is 0 Å². The Hall–Kier alpha value is 0.700. The molecule has 110 valence electrons. The molecule has 0 bridgehead atoms. The Kier molecular flexibility index (Phi) is 18.4. The van der Waals surface area contributed by atoms with E-state index in [1.54, 1.807) is 0 Å². The highest BCUT2D eigenvalue weighted by Gasteiger charge is 1.93. The molecule has 0 aromatic carbocycles. The number of hydrogen-bond acceptors (Lipinski definition) is 2. The maximum atomic E-state index is 4.23. The molecule has 2 heteroatoms. The van der Waals surface area contributed by atoms with Crippen LogP contribution in [0, 0.1) is 0 Å². The van der Waals surface area contributed by atoms with E-state index in [1.807, 2.05) is 0 Å². The topological polar surface area (TPSA) is 0 Å². The zero-order valence-corrected chi connectivity index (χ0v) is 14.2. The Balaban J connectivity index is 2.86. The molecule has 0 saturated carbocycles. The van der Waals surface area contributed by atoms with Crippen molar-refractivity contribution in [3.05, 3.63) is 0 Å². The minimum Gasteiger partial charge on any atom is -0.179 e. The van der Waals surface area contributed by atoms with Crippen LogP contribution < -0.4 is 0 Å². The van der Waals surface area contributed by atoms with Crippen LogP contribution in [0.15, 0.2) is 0 Å². The van der Waals surface area contributed by atoms with Gasteiger partial charge in [0.1, 0.15) is 0 Å². The number of rotatable bonds is 15. The smallest absolute Gasteiger partial charge is 0.00675 e. The predicted octanol–water partition coefficient (Wildman–Crippen LogP) is 6.35. The third-order valence-electron chi connectivity index (χ3n) is 3.34. The van der Waals surface area contributed by atoms with Crippen LogP contribution in [0.25, 0.3) is 0 Å². The Morgan fingerprint density at radius 2 is 1.06 bits per heavy atom. The lowest BCUT2D eigenvalue weighted by atomic mass is 10.1. The quantitative estimate of drug-likeness (QED) is 0.271. The fraction of sp³-hybridized carbons (Fsp3) is 1.00. The van der Waals surface area contributed by atoms with E-state index in [0.717, 1.165) is 5.75 Å². The van der Waals surface area contributed by atoms with Crippen LogP contribution in [0.5, 0.6) is 0 Å². The summed E-state index contributed by atoms with van der Waals surface area (Å²) in [6.45, 7) is 2.29. The van der Waals surface area contributed by atoms with E-state index in [2.05, 4.69) is 31.3 Å². The van der Waals surface area contributed by atoms with E-state index in [0.29, 0.717) is 0 Å². The van der Waals surface area contributed by atoms with Crippen LogP contribution in [0.4, 0.5) is 0 Å². The molecule has 0 rings (SSSR count). The molecule has 0 unspecified atom stereocenters. The summed E-state index contributed by atoms with van der Waals surface area (Å²) in [4.78, 5) is 0. The normalized spacial score (nSPS) is 11.0. The van der Waals surface area contributed by atoms with E-state index in [4.69, 9.17) is 0 Å². The lowest BCUT2D eigenvalue weighted by molar-refractivity contribution is 0.603. The first-order valence-electron chi connectivity index (χ1n) is 8.10. The molecule has 0 atom stereocenters. The van der Waals surface area contributed by atoms with Crippen LogP contribution in [0.3, 0.4) is 0 Å². The van der Waals surface area contributed by atoms with Gasteiger partial charge in [-0.15, -0.1) is 0 Å². The van der Waals surface area contributed by atoms with Gasteiger partial charge in [-0.05, 0) is 36.5 Å². The van der Waals surface area contributed by atoms with Crippen LogP contribution in [-0.4, -0.2) is 17.3 Å². The molecule has 0 N–H and O–H groups in total. The van der Waals surface area contributed by atoms with Gasteiger partial charge in [0.25, 0.3) is 0 Å². The average Bonchev–Trinajstić information content (AvgIpc) is 2.39. The lowest BCUT2D eigenvalue weighted by Gasteiger charge is -2.03. The summed E-state index contributed by atoms with van der Waals surface area (Å²) in [5, 5.41) is 0. The zero-order valence-electron chi connectivity index (χ0n) is 12.5. The molecule has 0 aromatic heterocycles. The van der Waals surface area contributed by atoms with Gasteiger partial charge in [-0.1, -0.05) is 64.7 Å². The minimum atomic E-state index is 1.06. The van der Waals surface area contributed by atoms with E-state index in [9.17, 15) is 0 Å². The Bertz CT molecular complexity index is 121. The largest absolute Gasteiger partial charge is 0.179 e. The standard InChI is InChI=1S/C16H34S2/c1-2-3-4-5-6-9-12-15-18-16-13-10-7-8-11-14-17/h17H,2-16H2,1H3. The molecule has 0 aromatic rings. The molecule has 0 radical (unpaired) electrons. The van der Waals surface area contributed by atoms with Crippen LogP contribution >= 0.6 is 24.4 Å². The number of hydrogen-bond donors (Lipinski definition) is 1. The van der Waals surface area contributed by atoms with Gasteiger partial charge >= 0.3 is 0 Å². The van der Waals surface area contributed by atoms with Crippen molar-refractivity contribution in [1.82, 2.24) is 0 Å². The van der Waals surface area contributed by atoms with Gasteiger partial charge in [0.15, 0.2) is 0 Å². The first-order chi connectivity index (χ1) is 8.91. The van der Waals surface area contributed by atoms with Crippen molar-refractivity contribution >= 4 is 24.4 Å². The van der Waals surface area contributed by atoms with Crippen molar-refractivity contribution in [2.45, 2.75) is 84.0 Å². The molecule has 0 heterocycles. The Labute approximate surface area is 125 Å². The monoisotopic (exact) mass is 290 g/mol. The predicted molar refractivity (Wildman–Crippen MR) is 92.3 cm³/mol. The van der Waals surface area contributed by atoms with Crippen LogP contribution in [0.2, 0.25) is 0 Å². The number of thiol groups is 1. The first kappa shape index (κ1) is 18.7. The van der Waals surface area contributed by atoms with Crippen molar-refractivity contribution in [2.75, 3.05) is 17.3 Å². The van der Waals surface area contributed by atoms with E-state index in [-0.39, 0.29) is 0 Å². The van der Waals surface area contributed by atoms with Crippen molar-refractivity contribution in [2.24, 2.45) is 0 Å². The fourth-order valence-electron chi connectivity index (χ4n) is 2.11. The molecule has 0 spiro atoms. The van der Waals surface area contributed by atoms with E-state index in [1.165, 1.54) is 88.6 Å². The average molecular weight is 291 g/mol. The van der Waals surface area contributed by atoms with Crippen molar-refractivity contribution in [1.29, 1.82) is 0 Å². The van der Waals surface area contributed by atoms with Gasteiger partial charge in [0.05, 0.1) is 0 Å². The van der Waals surface area contributed by atoms with Crippen LogP contribution in [0.1, 0.15) is 84.0 Å². The Morgan fingerprint density at radius 1 is 0.611 bits per heavy atom. The maximum Gasteiger partial charge on any atom is -0.00675 e. The fourth-order valence-corrected chi connectivity index (χ4v) is 3.35. The van der Waals surface area contributed by atoms with Gasteiger partial charge < -0.3 is 0 Å². The number of thioether (sulfide) groups is 1. The second kappa shape index (κ2) is 17.7. The molecule has 0 aliphatic carbocycles. The third kappa shape index (κ3) is 16.7. The Morgan fingerprint density at radius 3 is 1.56 bits per heavy atom. The molecule has 0 nitrogen and oxygen atoms in total. The third-order valence-corrected chi connectivity index (χ3v) is 4.81. The summed E-state index contributed by atoms with van der Waals surface area (Å²) in [5.74, 6) is 3.84. The second-order valence-electron chi connectivity index (χ2n) is 5.23. The molecule has 18 heavy (non-hydrogen) atoms. The molecule has 0 fully saturated rings. The van der Waals surface area contributed by atoms with E-state index >= 15 is 0 Å². The molecule has 0 aliphatic heterocycles. The summed E-state index contributed by atoms with van der Waals surface area (Å²) in [6.07, 6.45) is 17.0. The van der Waals surface area contributed by atoms with Crippen LogP contribution in [-0.2, 0) is 0 Å². The summed E-state index contributed by atoms with van der Waals surface area (Å²) in [6, 6.07) is 0. The molecular weight excluding hydrogens is 256 g/mol. The molecule has 0 aliphatic rings. The molecule has 0 saturated heterocycles. The molecular formula is C16H34S2. The van der Waals surface area contributed by atoms with E-state index < -0.39 is 0 Å². The summed E-state index contributed by atoms with van der Waals surface area (Å²) in [5.41, 5.74) is 0. The van der Waals surface area contributed by atoms with Crippen molar-refractivity contribution in [3.8, 4) is 0 Å². The number of unbranched alkanes of at least 4 members (excludes halogenated alkanes) is 10. The summed E-state index contributed by atoms with van der Waals surface area (Å²) < 4.78 is 0. The maximum absolute atomic E-state index is 4.23. The zero-order chi connectivity index (χ0) is 13.3. The first-order valence-corrected chi connectivity index (χ1v) is 9.89. The SMILES string of the molecule is CCCCCCCCCSCCCCCCCS. The highest BCUT2D eigenvalue weighted by atomic mass is 32.2. The molecule has 0 amide bonds. The lowest BCUT2D eigenvalue weighted by Crippen LogP contribution is -1.87. The van der Waals surface area contributed by atoms with Crippen molar-refractivity contribution < 1.29 is 0 Å². The van der Waals surface area contributed by atoms with Crippen molar-refractivity contribution in [3.63, 3.8) is 0 Å². The summed E-state index contributed by atoms with van der Waals surface area (Å²) in [7, 11) is 0. The minimum absolute atomic E-state index is 1.06. The highest BCUT2D eigenvalue weighted by Crippen LogP contribution is 2.13. The second-order valence-corrected chi connectivity index (χ2v) is 6.90. The van der Waals surface area contributed by atoms with Gasteiger partial charge in [-0.3, -0.25) is 0 Å². The van der Waals surface area contributed by atoms with Gasteiger partial charge in [0.2, 0.25) is 0 Å².